The van der Waals surface area contributed by atoms with E-state index < -0.39 is 0 Å². The molecule has 1 saturated carbocycles. The van der Waals surface area contributed by atoms with Crippen molar-refractivity contribution in [3.8, 4) is 0 Å². The van der Waals surface area contributed by atoms with Gasteiger partial charge in [-0.2, -0.15) is 0 Å². The third kappa shape index (κ3) is 3.10. The van der Waals surface area contributed by atoms with Crippen LogP contribution in [-0.4, -0.2) is 47.1 Å². The SMILES string of the molecule is CCc1cc(C(=O)N(CCO)C2CCC2)cc(NC)n1. The number of aliphatic hydroxyl groups is 1. The molecule has 1 fully saturated rings. The lowest BCUT2D eigenvalue weighted by Gasteiger charge is -2.37. The number of amides is 1. The Balaban J connectivity index is 2.25. The highest BCUT2D eigenvalue weighted by Gasteiger charge is 2.29. The topological polar surface area (TPSA) is 65.5 Å². The molecule has 0 unspecified atom stereocenters. The summed E-state index contributed by atoms with van der Waals surface area (Å²) in [4.78, 5) is 18.9. The minimum atomic E-state index is -0.00245. The van der Waals surface area contributed by atoms with E-state index in [4.69, 9.17) is 0 Å². The van der Waals surface area contributed by atoms with Gasteiger partial charge in [-0.25, -0.2) is 4.98 Å². The molecule has 0 atom stereocenters. The van der Waals surface area contributed by atoms with E-state index >= 15 is 0 Å². The molecule has 2 rings (SSSR count). The number of rotatable bonds is 6. The number of aromatic nitrogens is 1. The monoisotopic (exact) mass is 277 g/mol. The molecule has 1 aliphatic carbocycles. The van der Waals surface area contributed by atoms with Gasteiger partial charge in [0.15, 0.2) is 0 Å². The van der Waals surface area contributed by atoms with Crippen LogP contribution in [0.4, 0.5) is 5.82 Å². The maximum atomic E-state index is 12.7. The molecule has 1 aromatic heterocycles. The molecular weight excluding hydrogens is 254 g/mol. The van der Waals surface area contributed by atoms with Crippen LogP contribution < -0.4 is 5.32 Å². The maximum absolute atomic E-state index is 12.7. The molecule has 1 aliphatic rings. The highest BCUT2D eigenvalue weighted by molar-refractivity contribution is 5.95. The first-order chi connectivity index (χ1) is 9.69. The van der Waals surface area contributed by atoms with E-state index in [2.05, 4.69) is 10.3 Å². The number of aliphatic hydroxyl groups excluding tert-OH is 1. The molecule has 1 aromatic rings. The number of anilines is 1. The van der Waals surface area contributed by atoms with Crippen LogP contribution in [0.25, 0.3) is 0 Å². The van der Waals surface area contributed by atoms with Crippen molar-refractivity contribution >= 4 is 11.7 Å². The fraction of sp³-hybridized carbons (Fsp3) is 0.600. The van der Waals surface area contributed by atoms with Gasteiger partial charge in [0, 0.05) is 30.9 Å². The van der Waals surface area contributed by atoms with Crippen molar-refractivity contribution in [3.63, 3.8) is 0 Å². The molecule has 0 bridgehead atoms. The molecule has 0 saturated heterocycles. The Morgan fingerprint density at radius 2 is 2.25 bits per heavy atom. The molecule has 0 radical (unpaired) electrons. The van der Waals surface area contributed by atoms with Crippen molar-refractivity contribution < 1.29 is 9.90 Å². The van der Waals surface area contributed by atoms with Crippen molar-refractivity contribution in [2.45, 2.75) is 38.6 Å². The van der Waals surface area contributed by atoms with Gasteiger partial charge in [-0.3, -0.25) is 4.79 Å². The molecule has 1 amide bonds. The quantitative estimate of drug-likeness (QED) is 0.830. The van der Waals surface area contributed by atoms with Crippen LogP contribution in [0.5, 0.6) is 0 Å². The Labute approximate surface area is 120 Å². The molecule has 0 aromatic carbocycles. The maximum Gasteiger partial charge on any atom is 0.254 e. The van der Waals surface area contributed by atoms with Crippen LogP contribution in [0.15, 0.2) is 12.1 Å². The number of nitrogens with one attached hydrogen (secondary N) is 1. The summed E-state index contributed by atoms with van der Waals surface area (Å²) in [7, 11) is 1.80. The molecule has 5 heteroatoms. The van der Waals surface area contributed by atoms with Crippen molar-refractivity contribution in [1.82, 2.24) is 9.88 Å². The molecule has 110 valence electrons. The third-order valence-electron chi connectivity index (χ3n) is 3.86. The molecule has 1 heterocycles. The van der Waals surface area contributed by atoms with E-state index in [1.54, 1.807) is 18.0 Å². The highest BCUT2D eigenvalue weighted by atomic mass is 16.3. The zero-order chi connectivity index (χ0) is 14.5. The predicted octanol–water partition coefficient (Wildman–Crippen LogP) is 1.67. The van der Waals surface area contributed by atoms with Crippen LogP contribution in [0, 0.1) is 0 Å². The van der Waals surface area contributed by atoms with E-state index in [9.17, 15) is 9.90 Å². The molecule has 20 heavy (non-hydrogen) atoms. The van der Waals surface area contributed by atoms with Crippen LogP contribution in [0.3, 0.4) is 0 Å². The number of hydrogen-bond donors (Lipinski definition) is 2. The van der Waals surface area contributed by atoms with E-state index in [1.165, 1.54) is 0 Å². The fourth-order valence-corrected chi connectivity index (χ4v) is 2.44. The summed E-state index contributed by atoms with van der Waals surface area (Å²) in [6.07, 6.45) is 4.03. The predicted molar refractivity (Wildman–Crippen MR) is 78.9 cm³/mol. The zero-order valence-electron chi connectivity index (χ0n) is 12.2. The second-order valence-corrected chi connectivity index (χ2v) is 5.14. The number of carbonyl (C=O) groups excluding carboxylic acids is 1. The second-order valence-electron chi connectivity index (χ2n) is 5.14. The van der Waals surface area contributed by atoms with Crippen LogP contribution in [-0.2, 0) is 6.42 Å². The summed E-state index contributed by atoms with van der Waals surface area (Å²) in [6, 6.07) is 3.92. The normalized spacial score (nSPS) is 14.8. The Morgan fingerprint density at radius 3 is 2.75 bits per heavy atom. The van der Waals surface area contributed by atoms with E-state index in [-0.39, 0.29) is 18.6 Å². The highest BCUT2D eigenvalue weighted by Crippen LogP contribution is 2.26. The summed E-state index contributed by atoms with van der Waals surface area (Å²) >= 11 is 0. The van der Waals surface area contributed by atoms with Gasteiger partial charge in [0.05, 0.1) is 6.61 Å². The van der Waals surface area contributed by atoms with Crippen LogP contribution >= 0.6 is 0 Å². The fourth-order valence-electron chi connectivity index (χ4n) is 2.44. The summed E-state index contributed by atoms with van der Waals surface area (Å²) < 4.78 is 0. The number of hydrogen-bond acceptors (Lipinski definition) is 4. The number of aryl methyl sites for hydroxylation is 1. The third-order valence-corrected chi connectivity index (χ3v) is 3.86. The van der Waals surface area contributed by atoms with Crippen molar-refractivity contribution in [2.75, 3.05) is 25.5 Å². The lowest BCUT2D eigenvalue weighted by atomic mass is 9.91. The first-order valence-electron chi connectivity index (χ1n) is 7.30. The Bertz CT molecular complexity index is 450. The lowest BCUT2D eigenvalue weighted by molar-refractivity contribution is 0.0525. The summed E-state index contributed by atoms with van der Waals surface area (Å²) in [6.45, 7) is 2.43. The first-order valence-corrected chi connectivity index (χ1v) is 7.30. The molecule has 5 nitrogen and oxygen atoms in total. The standard InChI is InChI=1S/C15H23N3O2/c1-3-12-9-11(10-14(16-2)17-12)15(20)18(7-8-19)13-5-4-6-13/h9-10,13,19H,3-8H2,1-2H3,(H,16,17). The summed E-state index contributed by atoms with van der Waals surface area (Å²) in [5, 5.41) is 12.2. The zero-order valence-corrected chi connectivity index (χ0v) is 12.2. The summed E-state index contributed by atoms with van der Waals surface area (Å²) in [5.41, 5.74) is 1.55. The average Bonchev–Trinajstić information content (AvgIpc) is 2.43. The summed E-state index contributed by atoms with van der Waals surface area (Å²) in [5.74, 6) is 0.711. The minimum absolute atomic E-state index is 0.00245. The Morgan fingerprint density at radius 1 is 1.50 bits per heavy atom. The van der Waals surface area contributed by atoms with Crippen molar-refractivity contribution in [2.24, 2.45) is 0 Å². The van der Waals surface area contributed by atoms with Gasteiger partial charge in [-0.1, -0.05) is 6.92 Å². The van der Waals surface area contributed by atoms with Gasteiger partial charge in [0.1, 0.15) is 5.82 Å². The molecule has 0 spiro atoms. The number of pyridine rings is 1. The number of carbonyl (C=O) groups is 1. The van der Waals surface area contributed by atoms with Gasteiger partial charge in [-0.15, -0.1) is 0 Å². The van der Waals surface area contributed by atoms with Gasteiger partial charge in [0.2, 0.25) is 0 Å². The van der Waals surface area contributed by atoms with E-state index in [1.807, 2.05) is 13.0 Å². The van der Waals surface area contributed by atoms with Gasteiger partial charge < -0.3 is 15.3 Å². The smallest absolute Gasteiger partial charge is 0.254 e. The average molecular weight is 277 g/mol. The Hall–Kier alpha value is -1.62. The van der Waals surface area contributed by atoms with Gasteiger partial charge in [-0.05, 0) is 37.8 Å². The van der Waals surface area contributed by atoms with Crippen molar-refractivity contribution in [3.05, 3.63) is 23.4 Å². The Kier molecular flexibility index (Phi) is 4.95. The van der Waals surface area contributed by atoms with Gasteiger partial charge >= 0.3 is 0 Å². The molecule has 2 N–H and O–H groups in total. The largest absolute Gasteiger partial charge is 0.395 e. The lowest BCUT2D eigenvalue weighted by Crippen LogP contribution is -2.45. The molecule has 0 aliphatic heterocycles. The first kappa shape index (κ1) is 14.8. The second kappa shape index (κ2) is 6.70. The number of nitrogens with zero attached hydrogens (tertiary/aromatic N) is 2. The minimum Gasteiger partial charge on any atom is -0.395 e. The van der Waals surface area contributed by atoms with E-state index in [0.717, 1.165) is 31.4 Å². The van der Waals surface area contributed by atoms with Gasteiger partial charge in [0.25, 0.3) is 5.91 Å². The van der Waals surface area contributed by atoms with E-state index in [0.29, 0.717) is 17.9 Å². The van der Waals surface area contributed by atoms with Crippen molar-refractivity contribution in [1.29, 1.82) is 0 Å². The van der Waals surface area contributed by atoms with Crippen LogP contribution in [0.1, 0.15) is 42.2 Å². The molecular formula is C15H23N3O2. The van der Waals surface area contributed by atoms with Crippen LogP contribution in [0.2, 0.25) is 0 Å².